The molecule has 0 spiro atoms. The zero-order chi connectivity index (χ0) is 11.0. The maximum absolute atomic E-state index is 10.8. The summed E-state index contributed by atoms with van der Waals surface area (Å²) in [7, 11) is 1.89. The van der Waals surface area contributed by atoms with Crippen LogP contribution in [-0.4, -0.2) is 26.1 Å². The van der Waals surface area contributed by atoms with Crippen molar-refractivity contribution >= 4 is 17.7 Å². The largest absolute Gasteiger partial charge is 0.481 e. The molecule has 82 valence electrons. The molecule has 0 aliphatic heterocycles. The molecule has 2 atom stereocenters. The van der Waals surface area contributed by atoms with Gasteiger partial charge in [-0.2, -0.15) is 5.10 Å². The van der Waals surface area contributed by atoms with Crippen LogP contribution in [0.25, 0.3) is 0 Å². The van der Waals surface area contributed by atoms with E-state index in [1.165, 1.54) is 0 Å². The van der Waals surface area contributed by atoms with Gasteiger partial charge in [0.25, 0.3) is 0 Å². The number of rotatable bonds is 3. The SMILES string of the molecule is Cc1cc(SC2CCC2C(=O)O)n(C)n1. The highest BCUT2D eigenvalue weighted by Gasteiger charge is 2.37. The number of carboxylic acids is 1. The molecule has 0 saturated heterocycles. The van der Waals surface area contributed by atoms with Crippen LogP contribution in [-0.2, 0) is 11.8 Å². The van der Waals surface area contributed by atoms with Gasteiger partial charge in [0, 0.05) is 12.3 Å². The molecule has 1 N–H and O–H groups in total. The first-order valence-corrected chi connectivity index (χ1v) is 5.86. The Morgan fingerprint density at radius 3 is 2.80 bits per heavy atom. The number of carbonyl (C=O) groups is 1. The third kappa shape index (κ3) is 2.02. The Bertz CT molecular complexity index is 389. The molecule has 0 aromatic carbocycles. The van der Waals surface area contributed by atoms with E-state index < -0.39 is 5.97 Å². The van der Waals surface area contributed by atoms with Gasteiger partial charge < -0.3 is 5.11 Å². The monoisotopic (exact) mass is 226 g/mol. The number of carboxylic acid groups (broad SMARTS) is 1. The average molecular weight is 226 g/mol. The van der Waals surface area contributed by atoms with Crippen LogP contribution in [0.2, 0.25) is 0 Å². The number of aromatic nitrogens is 2. The van der Waals surface area contributed by atoms with Crippen molar-refractivity contribution < 1.29 is 9.90 Å². The van der Waals surface area contributed by atoms with E-state index in [1.807, 2.05) is 24.7 Å². The minimum atomic E-state index is -0.669. The molecule has 1 aliphatic carbocycles. The number of hydrogen-bond acceptors (Lipinski definition) is 3. The second-order valence-electron chi connectivity index (χ2n) is 3.93. The maximum atomic E-state index is 10.8. The first-order valence-electron chi connectivity index (χ1n) is 4.98. The van der Waals surface area contributed by atoms with Crippen LogP contribution < -0.4 is 0 Å². The molecule has 2 rings (SSSR count). The number of nitrogens with zero attached hydrogens (tertiary/aromatic N) is 2. The summed E-state index contributed by atoms with van der Waals surface area (Å²) in [4.78, 5) is 10.8. The summed E-state index contributed by atoms with van der Waals surface area (Å²) < 4.78 is 1.82. The average Bonchev–Trinajstić information content (AvgIpc) is 2.38. The fourth-order valence-electron chi connectivity index (χ4n) is 1.75. The van der Waals surface area contributed by atoms with E-state index in [0.717, 1.165) is 23.6 Å². The number of hydrogen-bond donors (Lipinski definition) is 1. The second kappa shape index (κ2) is 3.89. The highest BCUT2D eigenvalue weighted by Crippen LogP contribution is 2.41. The highest BCUT2D eigenvalue weighted by atomic mass is 32.2. The van der Waals surface area contributed by atoms with E-state index in [4.69, 9.17) is 5.11 Å². The molecule has 1 aliphatic rings. The molecule has 5 heteroatoms. The summed E-state index contributed by atoms with van der Waals surface area (Å²) in [5.41, 5.74) is 0.978. The topological polar surface area (TPSA) is 55.1 Å². The number of aliphatic carboxylic acids is 1. The summed E-state index contributed by atoms with van der Waals surface area (Å²) in [6.45, 7) is 1.94. The van der Waals surface area contributed by atoms with Crippen molar-refractivity contribution in [3.05, 3.63) is 11.8 Å². The van der Waals surface area contributed by atoms with E-state index in [2.05, 4.69) is 5.10 Å². The fourth-order valence-corrected chi connectivity index (χ4v) is 3.16. The van der Waals surface area contributed by atoms with Gasteiger partial charge in [-0.1, -0.05) is 0 Å². The molecule has 1 fully saturated rings. The van der Waals surface area contributed by atoms with E-state index in [0.29, 0.717) is 0 Å². The minimum Gasteiger partial charge on any atom is -0.481 e. The molecule has 1 saturated carbocycles. The molecule has 1 aromatic heterocycles. The zero-order valence-corrected chi connectivity index (χ0v) is 9.62. The van der Waals surface area contributed by atoms with Gasteiger partial charge in [-0.05, 0) is 25.8 Å². The Balaban J connectivity index is 2.03. The van der Waals surface area contributed by atoms with Crippen LogP contribution in [0.15, 0.2) is 11.1 Å². The van der Waals surface area contributed by atoms with Gasteiger partial charge in [-0.15, -0.1) is 11.8 Å². The van der Waals surface area contributed by atoms with Crippen molar-refractivity contribution in [3.63, 3.8) is 0 Å². The quantitative estimate of drug-likeness (QED) is 0.852. The molecule has 2 unspecified atom stereocenters. The highest BCUT2D eigenvalue weighted by molar-refractivity contribution is 8.00. The van der Waals surface area contributed by atoms with Crippen LogP contribution >= 0.6 is 11.8 Å². The summed E-state index contributed by atoms with van der Waals surface area (Å²) >= 11 is 1.63. The third-order valence-corrected chi connectivity index (χ3v) is 4.25. The van der Waals surface area contributed by atoms with Gasteiger partial charge in [0.1, 0.15) is 0 Å². The van der Waals surface area contributed by atoms with Crippen LogP contribution in [0.1, 0.15) is 18.5 Å². The smallest absolute Gasteiger partial charge is 0.307 e. The van der Waals surface area contributed by atoms with Crippen LogP contribution in [0, 0.1) is 12.8 Å². The third-order valence-electron chi connectivity index (χ3n) is 2.76. The van der Waals surface area contributed by atoms with Crippen molar-refractivity contribution in [2.45, 2.75) is 30.0 Å². The Labute approximate surface area is 92.7 Å². The predicted octanol–water partition coefficient (Wildman–Crippen LogP) is 1.68. The van der Waals surface area contributed by atoms with Gasteiger partial charge in [-0.3, -0.25) is 9.48 Å². The fraction of sp³-hybridized carbons (Fsp3) is 0.600. The van der Waals surface area contributed by atoms with Gasteiger partial charge in [0.2, 0.25) is 0 Å². The van der Waals surface area contributed by atoms with E-state index in [9.17, 15) is 4.79 Å². The lowest BCUT2D eigenvalue weighted by molar-refractivity contribution is -0.144. The molecular weight excluding hydrogens is 212 g/mol. The second-order valence-corrected chi connectivity index (χ2v) is 5.19. The normalized spacial score (nSPS) is 24.9. The van der Waals surface area contributed by atoms with Crippen LogP contribution in [0.4, 0.5) is 0 Å². The van der Waals surface area contributed by atoms with Gasteiger partial charge in [-0.25, -0.2) is 0 Å². The van der Waals surface area contributed by atoms with E-state index >= 15 is 0 Å². The summed E-state index contributed by atoms with van der Waals surface area (Å²) in [6.07, 6.45) is 1.80. The first-order chi connectivity index (χ1) is 7.08. The Kier molecular flexibility index (Phi) is 2.73. The Hall–Kier alpha value is -0.970. The predicted molar refractivity (Wildman–Crippen MR) is 57.9 cm³/mol. The van der Waals surface area contributed by atoms with Crippen molar-refractivity contribution in [1.82, 2.24) is 9.78 Å². The van der Waals surface area contributed by atoms with Crippen molar-refractivity contribution in [1.29, 1.82) is 0 Å². The minimum absolute atomic E-state index is 0.176. The molecule has 0 bridgehead atoms. The summed E-state index contributed by atoms with van der Waals surface area (Å²) in [5, 5.41) is 14.4. The van der Waals surface area contributed by atoms with Crippen molar-refractivity contribution in [3.8, 4) is 0 Å². The van der Waals surface area contributed by atoms with Crippen molar-refractivity contribution in [2.75, 3.05) is 0 Å². The standard InChI is InChI=1S/C10H14N2O2S/c1-6-5-9(12(2)11-6)15-8-4-3-7(8)10(13)14/h5,7-8H,3-4H2,1-2H3,(H,13,14). The molecule has 1 aromatic rings. The molecule has 1 heterocycles. The molecule has 0 radical (unpaired) electrons. The molecule has 15 heavy (non-hydrogen) atoms. The van der Waals surface area contributed by atoms with Gasteiger partial charge in [0.15, 0.2) is 0 Å². The summed E-state index contributed by atoms with van der Waals surface area (Å²) in [6, 6.07) is 2.00. The summed E-state index contributed by atoms with van der Waals surface area (Å²) in [5.74, 6) is -0.845. The lowest BCUT2D eigenvalue weighted by Crippen LogP contribution is -2.35. The maximum Gasteiger partial charge on any atom is 0.307 e. The van der Waals surface area contributed by atoms with E-state index in [1.54, 1.807) is 11.8 Å². The van der Waals surface area contributed by atoms with E-state index in [-0.39, 0.29) is 11.2 Å². The molecular formula is C10H14N2O2S. The molecule has 4 nitrogen and oxygen atoms in total. The Morgan fingerprint density at radius 1 is 1.67 bits per heavy atom. The van der Waals surface area contributed by atoms with Crippen molar-refractivity contribution in [2.24, 2.45) is 13.0 Å². The lowest BCUT2D eigenvalue weighted by Gasteiger charge is -2.32. The Morgan fingerprint density at radius 2 is 2.40 bits per heavy atom. The number of thioether (sulfide) groups is 1. The lowest BCUT2D eigenvalue weighted by atomic mass is 9.85. The van der Waals surface area contributed by atoms with Crippen LogP contribution in [0.5, 0.6) is 0 Å². The van der Waals surface area contributed by atoms with Gasteiger partial charge >= 0.3 is 5.97 Å². The number of aryl methyl sites for hydroxylation is 2. The van der Waals surface area contributed by atoms with Gasteiger partial charge in [0.05, 0.1) is 16.6 Å². The molecule has 0 amide bonds. The first kappa shape index (κ1) is 10.5. The van der Waals surface area contributed by atoms with Crippen LogP contribution in [0.3, 0.4) is 0 Å². The zero-order valence-electron chi connectivity index (χ0n) is 8.80.